The van der Waals surface area contributed by atoms with E-state index in [1.165, 1.54) is 6.07 Å². The number of rotatable bonds is 9. The average Bonchev–Trinajstić information content (AvgIpc) is 3.49. The highest BCUT2D eigenvalue weighted by Gasteiger charge is 2.44. The maximum absolute atomic E-state index is 13.5. The minimum atomic E-state index is -0.166. The molecule has 1 saturated carbocycles. The van der Waals surface area contributed by atoms with Gasteiger partial charge in [0.05, 0.1) is 0 Å². The first-order valence-corrected chi connectivity index (χ1v) is 9.57. The zero-order valence-electron chi connectivity index (χ0n) is 15.8. The quantitative estimate of drug-likeness (QED) is 0.361. The highest BCUT2D eigenvalue weighted by molar-refractivity contribution is 5.79. The van der Waals surface area contributed by atoms with Crippen molar-refractivity contribution < 1.29 is 4.39 Å². The summed E-state index contributed by atoms with van der Waals surface area (Å²) in [7, 11) is 1.78. The zero-order valence-corrected chi connectivity index (χ0v) is 15.8. The number of nitrogens with zero attached hydrogens (tertiary/aromatic N) is 2. The first-order valence-electron chi connectivity index (χ1n) is 9.57. The normalized spacial score (nSPS) is 15.3. The number of aliphatic imine (C=N–C) groups is 1. The Labute approximate surface area is 160 Å². The molecule has 3 N–H and O–H groups in total. The van der Waals surface area contributed by atoms with Gasteiger partial charge in [-0.3, -0.25) is 4.99 Å². The monoisotopic (exact) mass is 369 g/mol. The van der Waals surface area contributed by atoms with Gasteiger partial charge in [0, 0.05) is 38.3 Å². The topological polar surface area (TPSA) is 61.3 Å². The van der Waals surface area contributed by atoms with Crippen LogP contribution < -0.4 is 16.0 Å². The Balaban J connectivity index is 1.34. The van der Waals surface area contributed by atoms with Gasteiger partial charge in [-0.2, -0.15) is 0 Å². The molecule has 1 aromatic heterocycles. The summed E-state index contributed by atoms with van der Waals surface area (Å²) in [5.74, 6) is 1.55. The Morgan fingerprint density at radius 1 is 1.11 bits per heavy atom. The molecular weight excluding hydrogens is 341 g/mol. The number of anilines is 1. The Bertz CT molecular complexity index is 743. The van der Waals surface area contributed by atoms with Crippen molar-refractivity contribution in [2.45, 2.75) is 31.1 Å². The molecule has 0 aliphatic heterocycles. The summed E-state index contributed by atoms with van der Waals surface area (Å²) in [6.45, 7) is 2.53. The number of nitrogens with one attached hydrogen (secondary N) is 3. The van der Waals surface area contributed by atoms with Gasteiger partial charge in [0.15, 0.2) is 5.96 Å². The van der Waals surface area contributed by atoms with Crippen LogP contribution >= 0.6 is 0 Å². The maximum Gasteiger partial charge on any atom is 0.191 e. The van der Waals surface area contributed by atoms with Gasteiger partial charge in [0.25, 0.3) is 0 Å². The van der Waals surface area contributed by atoms with E-state index in [1.807, 2.05) is 24.3 Å². The standard InChI is InChI=1S/C21H28FN5/c1-23-20(26-14-5-4-13-25-19-9-2-3-12-24-19)27-16-21(10-11-21)17-7-6-8-18(22)15-17/h2-3,6-9,12,15H,4-5,10-11,13-14,16H2,1H3,(H,24,25)(H2,23,26,27). The third-order valence-electron chi connectivity index (χ3n) is 4.98. The number of pyridine rings is 1. The van der Waals surface area contributed by atoms with E-state index < -0.39 is 0 Å². The molecule has 144 valence electrons. The molecule has 0 bridgehead atoms. The zero-order chi connectivity index (χ0) is 19.0. The molecule has 2 aromatic rings. The fourth-order valence-electron chi connectivity index (χ4n) is 3.15. The van der Waals surface area contributed by atoms with Crippen LogP contribution in [0.15, 0.2) is 53.7 Å². The smallest absolute Gasteiger partial charge is 0.191 e. The summed E-state index contributed by atoms with van der Waals surface area (Å²) in [5, 5.41) is 10.1. The molecule has 0 spiro atoms. The molecule has 6 heteroatoms. The molecule has 1 heterocycles. The number of hydrogen-bond acceptors (Lipinski definition) is 3. The number of benzene rings is 1. The van der Waals surface area contributed by atoms with Crippen LogP contribution in [0.2, 0.25) is 0 Å². The number of aromatic nitrogens is 1. The van der Waals surface area contributed by atoms with Crippen LogP contribution in [0.5, 0.6) is 0 Å². The van der Waals surface area contributed by atoms with E-state index in [2.05, 4.69) is 25.9 Å². The van der Waals surface area contributed by atoms with Crippen molar-refractivity contribution in [2.75, 3.05) is 32.0 Å². The molecule has 0 radical (unpaired) electrons. The number of unbranched alkanes of at least 4 members (excludes halogenated alkanes) is 1. The van der Waals surface area contributed by atoms with Crippen LogP contribution in [0, 0.1) is 5.82 Å². The van der Waals surface area contributed by atoms with E-state index in [9.17, 15) is 4.39 Å². The third-order valence-corrected chi connectivity index (χ3v) is 4.98. The van der Waals surface area contributed by atoms with Crippen LogP contribution in [0.25, 0.3) is 0 Å². The van der Waals surface area contributed by atoms with E-state index in [4.69, 9.17) is 0 Å². The Hall–Kier alpha value is -2.63. The van der Waals surface area contributed by atoms with Crippen molar-refractivity contribution in [1.29, 1.82) is 0 Å². The molecule has 1 aliphatic carbocycles. The first-order chi connectivity index (χ1) is 13.2. The fraction of sp³-hybridized carbons (Fsp3) is 0.429. The van der Waals surface area contributed by atoms with E-state index in [0.29, 0.717) is 0 Å². The van der Waals surface area contributed by atoms with E-state index in [-0.39, 0.29) is 11.2 Å². The lowest BCUT2D eigenvalue weighted by Crippen LogP contribution is -2.41. The molecule has 0 amide bonds. The molecule has 27 heavy (non-hydrogen) atoms. The van der Waals surface area contributed by atoms with Gasteiger partial charge in [0.2, 0.25) is 0 Å². The number of hydrogen-bond donors (Lipinski definition) is 3. The lowest BCUT2D eigenvalue weighted by molar-refractivity contribution is 0.606. The fourth-order valence-corrected chi connectivity index (χ4v) is 3.15. The molecule has 0 saturated heterocycles. The highest BCUT2D eigenvalue weighted by Crippen LogP contribution is 2.47. The molecule has 1 aliphatic rings. The van der Waals surface area contributed by atoms with Crippen molar-refractivity contribution >= 4 is 11.8 Å². The van der Waals surface area contributed by atoms with Gasteiger partial charge < -0.3 is 16.0 Å². The molecule has 1 aromatic carbocycles. The van der Waals surface area contributed by atoms with Gasteiger partial charge in [-0.15, -0.1) is 0 Å². The van der Waals surface area contributed by atoms with Crippen molar-refractivity contribution in [3.63, 3.8) is 0 Å². The lowest BCUT2D eigenvalue weighted by Gasteiger charge is -2.19. The molecular formula is C21H28FN5. The predicted octanol–water partition coefficient (Wildman–Crippen LogP) is 3.31. The molecule has 1 fully saturated rings. The van der Waals surface area contributed by atoms with Crippen molar-refractivity contribution in [3.8, 4) is 0 Å². The van der Waals surface area contributed by atoms with Gasteiger partial charge in [-0.25, -0.2) is 9.37 Å². The van der Waals surface area contributed by atoms with Gasteiger partial charge in [0.1, 0.15) is 11.6 Å². The average molecular weight is 369 g/mol. The van der Waals surface area contributed by atoms with Crippen LogP contribution in [-0.4, -0.2) is 37.6 Å². The molecule has 0 unspecified atom stereocenters. The number of guanidine groups is 1. The summed E-state index contributed by atoms with van der Waals surface area (Å²) in [5.41, 5.74) is 1.12. The van der Waals surface area contributed by atoms with Crippen molar-refractivity contribution in [1.82, 2.24) is 15.6 Å². The summed E-state index contributed by atoms with van der Waals surface area (Å²) in [4.78, 5) is 8.53. The second-order valence-electron chi connectivity index (χ2n) is 6.99. The second kappa shape index (κ2) is 9.35. The summed E-state index contributed by atoms with van der Waals surface area (Å²) in [6.07, 6.45) is 6.04. The highest BCUT2D eigenvalue weighted by atomic mass is 19.1. The molecule has 0 atom stereocenters. The van der Waals surface area contributed by atoms with Crippen LogP contribution in [0.4, 0.5) is 10.2 Å². The van der Waals surface area contributed by atoms with Gasteiger partial charge >= 0.3 is 0 Å². The summed E-state index contributed by atoms with van der Waals surface area (Å²) in [6, 6.07) is 12.8. The Morgan fingerprint density at radius 3 is 2.67 bits per heavy atom. The van der Waals surface area contributed by atoms with Gasteiger partial charge in [-0.05, 0) is 55.5 Å². The van der Waals surface area contributed by atoms with Crippen LogP contribution in [0.3, 0.4) is 0 Å². The minimum absolute atomic E-state index is 0.0479. The second-order valence-corrected chi connectivity index (χ2v) is 6.99. The summed E-state index contributed by atoms with van der Waals surface area (Å²) >= 11 is 0. The third kappa shape index (κ3) is 5.67. The minimum Gasteiger partial charge on any atom is -0.370 e. The van der Waals surface area contributed by atoms with Gasteiger partial charge in [-0.1, -0.05) is 18.2 Å². The van der Waals surface area contributed by atoms with E-state index in [1.54, 1.807) is 25.4 Å². The molecule has 5 nitrogen and oxygen atoms in total. The van der Waals surface area contributed by atoms with E-state index >= 15 is 0 Å². The van der Waals surface area contributed by atoms with Crippen molar-refractivity contribution in [2.24, 2.45) is 4.99 Å². The van der Waals surface area contributed by atoms with Crippen LogP contribution in [-0.2, 0) is 5.41 Å². The maximum atomic E-state index is 13.5. The van der Waals surface area contributed by atoms with Crippen molar-refractivity contribution in [3.05, 3.63) is 60.0 Å². The van der Waals surface area contributed by atoms with Crippen LogP contribution in [0.1, 0.15) is 31.2 Å². The largest absolute Gasteiger partial charge is 0.370 e. The van der Waals surface area contributed by atoms with E-state index in [0.717, 1.165) is 62.7 Å². The molecule has 3 rings (SSSR count). The Kier molecular flexibility index (Phi) is 6.63. The Morgan fingerprint density at radius 2 is 1.96 bits per heavy atom. The first kappa shape index (κ1) is 19.1. The summed E-state index contributed by atoms with van der Waals surface area (Å²) < 4.78 is 13.5. The predicted molar refractivity (Wildman–Crippen MR) is 109 cm³/mol. The SMILES string of the molecule is CN=C(NCCCCNc1ccccn1)NCC1(c2cccc(F)c2)CC1. The lowest BCUT2D eigenvalue weighted by atomic mass is 9.96. The number of halogens is 1.